The average Bonchev–Trinajstić information content (AvgIpc) is 2.30. The second-order valence-corrected chi connectivity index (χ2v) is 3.86. The summed E-state index contributed by atoms with van der Waals surface area (Å²) in [5.41, 5.74) is 1.81. The van der Waals surface area contributed by atoms with Crippen LogP contribution in [-0.4, -0.2) is 24.7 Å². The monoisotopic (exact) mass is 237 g/mol. The lowest BCUT2D eigenvalue weighted by atomic mass is 10.2. The fourth-order valence-corrected chi connectivity index (χ4v) is 1.53. The zero-order valence-corrected chi connectivity index (χ0v) is 10.1. The summed E-state index contributed by atoms with van der Waals surface area (Å²) in [7, 11) is 1.64. The van der Waals surface area contributed by atoms with Crippen LogP contribution in [0.25, 0.3) is 0 Å². The molecule has 0 saturated carbocycles. The van der Waals surface area contributed by atoms with E-state index in [1.54, 1.807) is 7.11 Å². The number of nitrogens with one attached hydrogen (secondary N) is 1. The van der Waals surface area contributed by atoms with Gasteiger partial charge in [-0.2, -0.15) is 0 Å². The third kappa shape index (κ3) is 5.47. The SMILES string of the molecule is COCc1cccc(NC(=O)CCCCO)c1. The molecule has 4 nitrogen and oxygen atoms in total. The van der Waals surface area contributed by atoms with Gasteiger partial charge in [-0.3, -0.25) is 4.79 Å². The van der Waals surface area contributed by atoms with Gasteiger partial charge in [0, 0.05) is 25.8 Å². The third-order valence-electron chi connectivity index (χ3n) is 2.33. The summed E-state index contributed by atoms with van der Waals surface area (Å²) in [6.45, 7) is 0.671. The highest BCUT2D eigenvalue weighted by atomic mass is 16.5. The highest BCUT2D eigenvalue weighted by molar-refractivity contribution is 5.90. The van der Waals surface area contributed by atoms with Gasteiger partial charge in [0.05, 0.1) is 6.61 Å². The summed E-state index contributed by atoms with van der Waals surface area (Å²) >= 11 is 0. The van der Waals surface area contributed by atoms with Crippen LogP contribution in [0.4, 0.5) is 5.69 Å². The van der Waals surface area contributed by atoms with Gasteiger partial charge in [0.25, 0.3) is 0 Å². The molecule has 0 bridgehead atoms. The minimum Gasteiger partial charge on any atom is -0.396 e. The van der Waals surface area contributed by atoms with Crippen LogP contribution in [0.1, 0.15) is 24.8 Å². The van der Waals surface area contributed by atoms with Gasteiger partial charge in [0.15, 0.2) is 0 Å². The van der Waals surface area contributed by atoms with Crippen LogP contribution in [0.5, 0.6) is 0 Å². The topological polar surface area (TPSA) is 58.6 Å². The number of aliphatic hydroxyl groups excluding tert-OH is 1. The summed E-state index contributed by atoms with van der Waals surface area (Å²) in [5.74, 6) is -0.0204. The molecule has 0 fully saturated rings. The molecule has 0 aromatic heterocycles. The van der Waals surface area contributed by atoms with E-state index in [9.17, 15) is 4.79 Å². The zero-order valence-electron chi connectivity index (χ0n) is 10.1. The number of methoxy groups -OCH3 is 1. The molecule has 1 amide bonds. The Morgan fingerprint density at radius 3 is 2.94 bits per heavy atom. The molecule has 0 radical (unpaired) electrons. The van der Waals surface area contributed by atoms with Crippen molar-refractivity contribution in [2.24, 2.45) is 0 Å². The molecular weight excluding hydrogens is 218 g/mol. The van der Waals surface area contributed by atoms with Gasteiger partial charge in [-0.15, -0.1) is 0 Å². The van der Waals surface area contributed by atoms with Crippen molar-refractivity contribution in [2.45, 2.75) is 25.9 Å². The maximum absolute atomic E-state index is 11.5. The van der Waals surface area contributed by atoms with Crippen LogP contribution in [0.15, 0.2) is 24.3 Å². The van der Waals surface area contributed by atoms with E-state index in [0.29, 0.717) is 25.9 Å². The second kappa shape index (κ2) is 7.81. The first-order valence-corrected chi connectivity index (χ1v) is 5.75. The van der Waals surface area contributed by atoms with Gasteiger partial charge in [-0.05, 0) is 30.5 Å². The minimum atomic E-state index is -0.0204. The van der Waals surface area contributed by atoms with E-state index >= 15 is 0 Å². The first-order valence-electron chi connectivity index (χ1n) is 5.75. The van der Waals surface area contributed by atoms with Crippen LogP contribution in [0.2, 0.25) is 0 Å². The van der Waals surface area contributed by atoms with Crippen molar-refractivity contribution in [3.8, 4) is 0 Å². The predicted molar refractivity (Wildman–Crippen MR) is 66.7 cm³/mol. The van der Waals surface area contributed by atoms with Crippen molar-refractivity contribution >= 4 is 11.6 Å². The molecule has 94 valence electrons. The quantitative estimate of drug-likeness (QED) is 0.712. The van der Waals surface area contributed by atoms with Crippen LogP contribution < -0.4 is 5.32 Å². The van der Waals surface area contributed by atoms with E-state index in [1.807, 2.05) is 24.3 Å². The molecule has 0 atom stereocenters. The standard InChI is InChI=1S/C13H19NO3/c1-17-10-11-5-4-6-12(9-11)14-13(16)7-2-3-8-15/h4-6,9,15H,2-3,7-8,10H2,1H3,(H,14,16). The Balaban J connectivity index is 2.44. The Hall–Kier alpha value is -1.39. The maximum Gasteiger partial charge on any atom is 0.224 e. The predicted octanol–water partition coefficient (Wildman–Crippen LogP) is 1.93. The molecule has 1 aromatic carbocycles. The zero-order chi connectivity index (χ0) is 12.5. The second-order valence-electron chi connectivity index (χ2n) is 3.86. The van der Waals surface area contributed by atoms with Crippen molar-refractivity contribution in [3.63, 3.8) is 0 Å². The van der Waals surface area contributed by atoms with Gasteiger partial charge >= 0.3 is 0 Å². The van der Waals surface area contributed by atoms with Gasteiger partial charge in [-0.1, -0.05) is 12.1 Å². The molecule has 1 aromatic rings. The lowest BCUT2D eigenvalue weighted by Crippen LogP contribution is -2.11. The van der Waals surface area contributed by atoms with E-state index in [-0.39, 0.29) is 12.5 Å². The summed E-state index contributed by atoms with van der Waals surface area (Å²) < 4.78 is 5.03. The number of benzene rings is 1. The van der Waals surface area contributed by atoms with Crippen molar-refractivity contribution in [2.75, 3.05) is 19.0 Å². The Bertz CT molecular complexity index is 352. The summed E-state index contributed by atoms with van der Waals surface area (Å²) in [5, 5.41) is 11.4. The summed E-state index contributed by atoms with van der Waals surface area (Å²) in [6.07, 6.45) is 1.81. The van der Waals surface area contributed by atoms with Crippen molar-refractivity contribution in [3.05, 3.63) is 29.8 Å². The molecule has 2 N–H and O–H groups in total. The molecule has 0 aliphatic carbocycles. The number of carbonyl (C=O) groups excluding carboxylic acids is 1. The average molecular weight is 237 g/mol. The van der Waals surface area contributed by atoms with Gasteiger partial charge < -0.3 is 15.2 Å². The van der Waals surface area contributed by atoms with Crippen molar-refractivity contribution in [1.82, 2.24) is 0 Å². The molecule has 0 unspecified atom stereocenters. The lowest BCUT2D eigenvalue weighted by Gasteiger charge is -2.06. The fraction of sp³-hybridized carbons (Fsp3) is 0.462. The molecule has 0 heterocycles. The number of aliphatic hydroxyl groups is 1. The molecule has 1 rings (SSSR count). The van der Waals surface area contributed by atoms with Gasteiger partial charge in [0.2, 0.25) is 5.91 Å². The highest BCUT2D eigenvalue weighted by Gasteiger charge is 2.02. The Morgan fingerprint density at radius 2 is 2.24 bits per heavy atom. The normalized spacial score (nSPS) is 10.2. The van der Waals surface area contributed by atoms with Crippen molar-refractivity contribution < 1.29 is 14.6 Å². The van der Waals surface area contributed by atoms with Crippen LogP contribution in [0.3, 0.4) is 0 Å². The van der Waals surface area contributed by atoms with Crippen molar-refractivity contribution in [1.29, 1.82) is 0 Å². The molecule has 0 spiro atoms. The third-order valence-corrected chi connectivity index (χ3v) is 2.33. The number of hydrogen-bond donors (Lipinski definition) is 2. The smallest absolute Gasteiger partial charge is 0.224 e. The number of anilines is 1. The molecule has 0 aliphatic rings. The van der Waals surface area contributed by atoms with E-state index in [0.717, 1.165) is 11.3 Å². The van der Waals surface area contributed by atoms with Gasteiger partial charge in [-0.25, -0.2) is 0 Å². The number of amides is 1. The molecule has 17 heavy (non-hydrogen) atoms. The number of hydrogen-bond acceptors (Lipinski definition) is 3. The molecule has 0 aliphatic heterocycles. The highest BCUT2D eigenvalue weighted by Crippen LogP contribution is 2.12. The number of ether oxygens (including phenoxy) is 1. The summed E-state index contributed by atoms with van der Waals surface area (Å²) in [6, 6.07) is 7.58. The van der Waals surface area contributed by atoms with Crippen LogP contribution in [0, 0.1) is 0 Å². The molecular formula is C13H19NO3. The van der Waals surface area contributed by atoms with Crippen LogP contribution >= 0.6 is 0 Å². The molecule has 4 heteroatoms. The van der Waals surface area contributed by atoms with E-state index in [1.165, 1.54) is 0 Å². The van der Waals surface area contributed by atoms with E-state index in [2.05, 4.69) is 5.32 Å². The number of carbonyl (C=O) groups is 1. The van der Waals surface area contributed by atoms with Gasteiger partial charge in [0.1, 0.15) is 0 Å². The fourth-order valence-electron chi connectivity index (χ4n) is 1.53. The lowest BCUT2D eigenvalue weighted by molar-refractivity contribution is -0.116. The Labute approximate surface area is 102 Å². The Morgan fingerprint density at radius 1 is 1.41 bits per heavy atom. The first kappa shape index (κ1) is 13.7. The number of rotatable bonds is 7. The first-order chi connectivity index (χ1) is 8.26. The molecule has 0 saturated heterocycles. The van der Waals surface area contributed by atoms with E-state index < -0.39 is 0 Å². The largest absolute Gasteiger partial charge is 0.396 e. The maximum atomic E-state index is 11.5. The Kier molecular flexibility index (Phi) is 6.29. The summed E-state index contributed by atoms with van der Waals surface area (Å²) in [4.78, 5) is 11.5. The number of unbranched alkanes of at least 4 members (excludes halogenated alkanes) is 1. The van der Waals surface area contributed by atoms with Crippen LogP contribution in [-0.2, 0) is 16.1 Å². The van der Waals surface area contributed by atoms with E-state index in [4.69, 9.17) is 9.84 Å². The minimum absolute atomic E-state index is 0.0204.